The maximum absolute atomic E-state index is 15.4. The summed E-state index contributed by atoms with van der Waals surface area (Å²) >= 11 is 6.14. The number of anilines is 1. The molecule has 2 N–H and O–H groups in total. The topological polar surface area (TPSA) is 108 Å². The molecule has 1 aromatic heterocycles. The van der Waals surface area contributed by atoms with Gasteiger partial charge in [0.25, 0.3) is 0 Å². The lowest BCUT2D eigenvalue weighted by molar-refractivity contribution is -0.155. The van der Waals surface area contributed by atoms with Crippen molar-refractivity contribution in [3.05, 3.63) is 16.8 Å². The number of ether oxygens (including phenoxy) is 1. The molecule has 9 nitrogen and oxygen atoms in total. The smallest absolute Gasteiger partial charge is 0.233 e. The van der Waals surface area contributed by atoms with Gasteiger partial charge in [0, 0.05) is 24.9 Å². The molecule has 1 saturated carbocycles. The average molecular weight is 496 g/mol. The third-order valence-corrected chi connectivity index (χ3v) is 8.22. The molecule has 4 aliphatic rings. The fraction of sp³-hybridized carbons (Fsp3) is 0.739. The van der Waals surface area contributed by atoms with Crippen LogP contribution in [0.5, 0.6) is 0 Å². The molecular formula is C23H31ClFN5O4. The zero-order valence-electron chi connectivity index (χ0n) is 19.0. The van der Waals surface area contributed by atoms with Gasteiger partial charge in [0.2, 0.25) is 17.6 Å². The second-order valence-corrected chi connectivity index (χ2v) is 10.5. The number of nitrogens with zero attached hydrogens (tertiary/aromatic N) is 4. The summed E-state index contributed by atoms with van der Waals surface area (Å²) in [6.45, 7) is 1.08. The van der Waals surface area contributed by atoms with E-state index in [0.29, 0.717) is 42.3 Å². The molecule has 3 aliphatic heterocycles. The van der Waals surface area contributed by atoms with Crippen LogP contribution in [0.3, 0.4) is 0 Å². The van der Waals surface area contributed by atoms with E-state index in [0.717, 1.165) is 38.5 Å². The molecule has 1 aromatic rings. The third-order valence-electron chi connectivity index (χ3n) is 8.05. The number of hydroxylamine groups is 2. The molecule has 2 bridgehead atoms. The van der Waals surface area contributed by atoms with E-state index in [2.05, 4.69) is 15.3 Å². The Morgan fingerprint density at radius 2 is 1.91 bits per heavy atom. The second kappa shape index (κ2) is 9.91. The normalized spacial score (nSPS) is 28.9. The minimum atomic E-state index is -0.591. The molecule has 0 spiro atoms. The Kier molecular flexibility index (Phi) is 6.90. The summed E-state index contributed by atoms with van der Waals surface area (Å²) in [5.74, 6) is -0.220. The van der Waals surface area contributed by atoms with Crippen LogP contribution >= 0.6 is 11.6 Å². The van der Waals surface area contributed by atoms with Crippen LogP contribution < -0.4 is 10.2 Å². The maximum Gasteiger partial charge on any atom is 0.233 e. The van der Waals surface area contributed by atoms with Gasteiger partial charge in [0.15, 0.2) is 11.6 Å². The highest BCUT2D eigenvalue weighted by Gasteiger charge is 2.53. The summed E-state index contributed by atoms with van der Waals surface area (Å²) in [7, 11) is 0. The fourth-order valence-corrected chi connectivity index (χ4v) is 6.59. The summed E-state index contributed by atoms with van der Waals surface area (Å²) in [5, 5.41) is 12.8. The molecule has 11 heteroatoms. The molecule has 1 aliphatic carbocycles. The van der Waals surface area contributed by atoms with Crippen molar-refractivity contribution in [3.63, 3.8) is 0 Å². The molecular weight excluding hydrogens is 465 g/mol. The molecule has 5 rings (SSSR count). The van der Waals surface area contributed by atoms with Gasteiger partial charge in [-0.25, -0.2) is 14.4 Å². The predicted octanol–water partition coefficient (Wildman–Crippen LogP) is 2.54. The number of nitrogens with one attached hydrogen (secondary N) is 1. The van der Waals surface area contributed by atoms with Gasteiger partial charge in [-0.2, -0.15) is 4.98 Å². The van der Waals surface area contributed by atoms with Crippen LogP contribution in [-0.4, -0.2) is 64.4 Å². The van der Waals surface area contributed by atoms with Gasteiger partial charge in [0.1, 0.15) is 5.69 Å². The van der Waals surface area contributed by atoms with E-state index in [1.165, 1.54) is 0 Å². The number of fused-ring (bicyclic) bond motifs is 5. The highest BCUT2D eigenvalue weighted by Crippen LogP contribution is 2.48. The Labute approximate surface area is 203 Å². The first-order valence-corrected chi connectivity index (χ1v) is 12.6. The Balaban J connectivity index is 1.26. The van der Waals surface area contributed by atoms with E-state index in [1.54, 1.807) is 0 Å². The Hall–Kier alpha value is -2.04. The number of amides is 2. The Morgan fingerprint density at radius 1 is 1.24 bits per heavy atom. The summed E-state index contributed by atoms with van der Waals surface area (Å²) < 4.78 is 21.4. The van der Waals surface area contributed by atoms with Crippen molar-refractivity contribution < 1.29 is 23.9 Å². The van der Waals surface area contributed by atoms with E-state index in [1.807, 2.05) is 4.90 Å². The monoisotopic (exact) mass is 495 g/mol. The summed E-state index contributed by atoms with van der Waals surface area (Å²) in [6.07, 6.45) is 7.75. The zero-order valence-corrected chi connectivity index (χ0v) is 19.8. The lowest BCUT2D eigenvalue weighted by atomic mass is 9.82. The SMILES string of the molecule is O=CN(O)C[C@@H](CC1CCCC1)C(=O)NCc1nc(Cl)nc(N2C[C@@H]3C4CCC(O4)[C@@H]3C2)c1F. The minimum absolute atomic E-state index is 0.0236. The van der Waals surface area contributed by atoms with Crippen molar-refractivity contribution in [2.45, 2.75) is 63.7 Å². The molecule has 5 atom stereocenters. The predicted molar refractivity (Wildman–Crippen MR) is 121 cm³/mol. The average Bonchev–Trinajstić information content (AvgIpc) is 3.61. The molecule has 0 aromatic carbocycles. The maximum atomic E-state index is 15.4. The molecule has 186 valence electrons. The van der Waals surface area contributed by atoms with Crippen molar-refractivity contribution in [2.75, 3.05) is 24.5 Å². The summed E-state index contributed by atoms with van der Waals surface area (Å²) in [6, 6.07) is 0. The van der Waals surface area contributed by atoms with Crippen LogP contribution in [0.4, 0.5) is 10.2 Å². The molecule has 2 unspecified atom stereocenters. The zero-order chi connectivity index (χ0) is 23.8. The molecule has 2 amide bonds. The van der Waals surface area contributed by atoms with Gasteiger partial charge in [-0.3, -0.25) is 14.8 Å². The number of halogens is 2. The Morgan fingerprint density at radius 3 is 2.56 bits per heavy atom. The minimum Gasteiger partial charge on any atom is -0.374 e. The van der Waals surface area contributed by atoms with E-state index < -0.39 is 11.7 Å². The highest BCUT2D eigenvalue weighted by atomic mass is 35.5. The van der Waals surface area contributed by atoms with E-state index in [-0.39, 0.29) is 54.4 Å². The first kappa shape index (κ1) is 23.7. The first-order chi connectivity index (χ1) is 16.4. The molecule has 3 saturated heterocycles. The van der Waals surface area contributed by atoms with Crippen molar-refractivity contribution in [2.24, 2.45) is 23.7 Å². The standard InChI is InChI=1S/C23H31ClFN5O4/c24-23-27-17(8-26-22(32)14(9-30(33)12-31)7-13-3-1-2-4-13)20(25)21(28-23)29-10-15-16(11-29)19-6-5-18(15)34-19/h12-16,18-19,33H,1-11H2,(H,26,32)/t14-,15-,16+,18?,19?/m1/s1. The van der Waals surface area contributed by atoms with Crippen molar-refractivity contribution in [3.8, 4) is 0 Å². The van der Waals surface area contributed by atoms with Crippen LogP contribution in [0.25, 0.3) is 0 Å². The lowest BCUT2D eigenvalue weighted by Crippen LogP contribution is -2.38. The number of aromatic nitrogens is 2. The van der Waals surface area contributed by atoms with Gasteiger partial charge < -0.3 is 15.0 Å². The fourth-order valence-electron chi connectivity index (χ4n) is 6.41. The quantitative estimate of drug-likeness (QED) is 0.234. The van der Waals surface area contributed by atoms with Crippen LogP contribution in [0.1, 0.15) is 50.6 Å². The van der Waals surface area contributed by atoms with Crippen molar-refractivity contribution in [1.29, 1.82) is 0 Å². The molecule has 4 heterocycles. The van der Waals surface area contributed by atoms with Crippen molar-refractivity contribution in [1.82, 2.24) is 20.3 Å². The molecule has 4 fully saturated rings. The number of carbonyl (C=O) groups excluding carboxylic acids is 2. The first-order valence-electron chi connectivity index (χ1n) is 12.2. The summed E-state index contributed by atoms with van der Waals surface area (Å²) in [5.41, 5.74) is 0.0236. The number of rotatable bonds is 9. The van der Waals surface area contributed by atoms with Gasteiger partial charge in [-0.1, -0.05) is 25.7 Å². The largest absolute Gasteiger partial charge is 0.374 e. The van der Waals surface area contributed by atoms with Crippen LogP contribution in [0.15, 0.2) is 0 Å². The van der Waals surface area contributed by atoms with Gasteiger partial charge in [0.05, 0.1) is 31.2 Å². The van der Waals surface area contributed by atoms with Gasteiger partial charge in [-0.05, 0) is 36.8 Å². The number of hydrogen-bond donors (Lipinski definition) is 2. The molecule has 34 heavy (non-hydrogen) atoms. The van der Waals surface area contributed by atoms with Crippen LogP contribution in [-0.2, 0) is 20.9 Å². The van der Waals surface area contributed by atoms with Gasteiger partial charge >= 0.3 is 0 Å². The van der Waals surface area contributed by atoms with Crippen LogP contribution in [0, 0.1) is 29.5 Å². The number of hydrogen-bond acceptors (Lipinski definition) is 7. The Bertz CT molecular complexity index is 915. The van der Waals surface area contributed by atoms with Crippen LogP contribution in [0.2, 0.25) is 5.28 Å². The van der Waals surface area contributed by atoms with E-state index in [9.17, 15) is 14.8 Å². The third kappa shape index (κ3) is 4.72. The lowest BCUT2D eigenvalue weighted by Gasteiger charge is -2.23. The van der Waals surface area contributed by atoms with E-state index >= 15 is 4.39 Å². The van der Waals surface area contributed by atoms with E-state index in [4.69, 9.17) is 16.3 Å². The highest BCUT2D eigenvalue weighted by molar-refractivity contribution is 6.28. The second-order valence-electron chi connectivity index (χ2n) is 10.1. The van der Waals surface area contributed by atoms with Gasteiger partial charge in [-0.15, -0.1) is 0 Å². The number of carbonyl (C=O) groups is 2. The summed E-state index contributed by atoms with van der Waals surface area (Å²) in [4.78, 5) is 33.9. The molecule has 0 radical (unpaired) electrons. The van der Waals surface area contributed by atoms with Crippen molar-refractivity contribution >= 4 is 29.7 Å².